The molecule has 1 amide bonds. The Bertz CT molecular complexity index is 763. The van der Waals surface area contributed by atoms with Gasteiger partial charge >= 0.3 is 11.7 Å². The lowest BCUT2D eigenvalue weighted by molar-refractivity contribution is 0.194. The molecule has 0 aliphatic rings. The lowest BCUT2D eigenvalue weighted by Crippen LogP contribution is -2.25. The SMILES string of the molecule is CCN(CC)c1ccc2c(C)c(CCNC(=O)O)c(=O)oc2c1. The van der Waals surface area contributed by atoms with Crippen LogP contribution in [0.15, 0.2) is 27.4 Å². The second kappa shape index (κ2) is 7.17. The number of nitrogens with one attached hydrogen (secondary N) is 1. The number of carboxylic acid groups (broad SMARTS) is 1. The van der Waals surface area contributed by atoms with Gasteiger partial charge in [0.25, 0.3) is 0 Å². The largest absolute Gasteiger partial charge is 0.465 e. The van der Waals surface area contributed by atoms with Crippen LogP contribution in [-0.4, -0.2) is 30.8 Å². The Morgan fingerprint density at radius 1 is 1.30 bits per heavy atom. The maximum atomic E-state index is 12.2. The van der Waals surface area contributed by atoms with Crippen molar-refractivity contribution in [3.63, 3.8) is 0 Å². The molecule has 2 aromatic rings. The van der Waals surface area contributed by atoms with Crippen LogP contribution in [0.5, 0.6) is 0 Å². The zero-order valence-electron chi connectivity index (χ0n) is 13.7. The van der Waals surface area contributed by atoms with Crippen LogP contribution in [0, 0.1) is 6.92 Å². The van der Waals surface area contributed by atoms with E-state index in [9.17, 15) is 9.59 Å². The molecule has 0 aliphatic carbocycles. The van der Waals surface area contributed by atoms with Crippen LogP contribution in [0.2, 0.25) is 0 Å². The summed E-state index contributed by atoms with van der Waals surface area (Å²) >= 11 is 0. The molecule has 0 fully saturated rings. The van der Waals surface area contributed by atoms with E-state index in [4.69, 9.17) is 9.52 Å². The molecule has 1 aromatic heterocycles. The molecule has 0 spiro atoms. The highest BCUT2D eigenvalue weighted by Crippen LogP contribution is 2.25. The second-order valence-electron chi connectivity index (χ2n) is 5.33. The molecule has 0 saturated heterocycles. The fourth-order valence-electron chi connectivity index (χ4n) is 2.75. The van der Waals surface area contributed by atoms with Gasteiger partial charge in [0, 0.05) is 42.3 Å². The van der Waals surface area contributed by atoms with E-state index >= 15 is 0 Å². The molecule has 6 heteroatoms. The van der Waals surface area contributed by atoms with E-state index in [2.05, 4.69) is 24.1 Å². The van der Waals surface area contributed by atoms with E-state index in [0.717, 1.165) is 29.7 Å². The van der Waals surface area contributed by atoms with Crippen molar-refractivity contribution in [3.05, 3.63) is 39.7 Å². The summed E-state index contributed by atoms with van der Waals surface area (Å²) in [7, 11) is 0. The van der Waals surface area contributed by atoms with Crippen molar-refractivity contribution >= 4 is 22.7 Å². The number of nitrogens with zero attached hydrogens (tertiary/aromatic N) is 1. The van der Waals surface area contributed by atoms with Crippen LogP contribution >= 0.6 is 0 Å². The Kier molecular flexibility index (Phi) is 5.26. The zero-order chi connectivity index (χ0) is 17.0. The molecule has 1 heterocycles. The predicted molar refractivity (Wildman–Crippen MR) is 90.5 cm³/mol. The van der Waals surface area contributed by atoms with Gasteiger partial charge < -0.3 is 19.7 Å². The lowest BCUT2D eigenvalue weighted by Gasteiger charge is -2.21. The summed E-state index contributed by atoms with van der Waals surface area (Å²) in [4.78, 5) is 24.9. The highest BCUT2D eigenvalue weighted by molar-refractivity contribution is 5.84. The smallest absolute Gasteiger partial charge is 0.404 e. The standard InChI is InChI=1S/C17H22N2O4/c1-4-19(5-2)12-6-7-13-11(3)14(8-9-18-17(21)22)16(20)23-15(13)10-12/h6-7,10,18H,4-5,8-9H2,1-3H3,(H,21,22). The topological polar surface area (TPSA) is 82.8 Å². The van der Waals surface area contributed by atoms with Crippen LogP contribution in [-0.2, 0) is 6.42 Å². The Hall–Kier alpha value is -2.50. The number of hydrogen-bond acceptors (Lipinski definition) is 4. The highest BCUT2D eigenvalue weighted by Gasteiger charge is 2.13. The van der Waals surface area contributed by atoms with Gasteiger partial charge in [0.05, 0.1) is 0 Å². The summed E-state index contributed by atoms with van der Waals surface area (Å²) in [6.07, 6.45) is -0.787. The molecule has 124 valence electrons. The third-order valence-corrected chi connectivity index (χ3v) is 4.05. The van der Waals surface area contributed by atoms with Gasteiger partial charge in [0.1, 0.15) is 5.58 Å². The van der Waals surface area contributed by atoms with E-state index in [0.29, 0.717) is 17.6 Å². The molecule has 1 aromatic carbocycles. The molecular formula is C17H22N2O4. The first-order valence-corrected chi connectivity index (χ1v) is 7.76. The maximum absolute atomic E-state index is 12.2. The molecule has 6 nitrogen and oxygen atoms in total. The molecule has 0 saturated carbocycles. The number of rotatable bonds is 6. The maximum Gasteiger partial charge on any atom is 0.404 e. The van der Waals surface area contributed by atoms with Crippen molar-refractivity contribution in [2.45, 2.75) is 27.2 Å². The summed E-state index contributed by atoms with van der Waals surface area (Å²) in [6.45, 7) is 7.96. The van der Waals surface area contributed by atoms with Gasteiger partial charge in [-0.05, 0) is 44.9 Å². The van der Waals surface area contributed by atoms with E-state index in [1.165, 1.54) is 0 Å². The average Bonchev–Trinajstić information content (AvgIpc) is 2.51. The van der Waals surface area contributed by atoms with Gasteiger partial charge in [-0.25, -0.2) is 9.59 Å². The molecule has 0 bridgehead atoms. The number of aryl methyl sites for hydroxylation is 1. The Balaban J connectivity index is 2.41. The van der Waals surface area contributed by atoms with E-state index in [1.54, 1.807) is 0 Å². The molecule has 23 heavy (non-hydrogen) atoms. The Labute approximate surface area is 134 Å². The minimum absolute atomic E-state index is 0.184. The first kappa shape index (κ1) is 16.9. The highest BCUT2D eigenvalue weighted by atomic mass is 16.4. The minimum Gasteiger partial charge on any atom is -0.465 e. The van der Waals surface area contributed by atoms with E-state index in [-0.39, 0.29) is 6.54 Å². The van der Waals surface area contributed by atoms with Crippen LogP contribution in [0.25, 0.3) is 11.0 Å². The number of amides is 1. The van der Waals surface area contributed by atoms with Gasteiger partial charge in [-0.1, -0.05) is 0 Å². The molecule has 0 radical (unpaired) electrons. The van der Waals surface area contributed by atoms with Crippen LogP contribution in [0.4, 0.5) is 10.5 Å². The zero-order valence-corrected chi connectivity index (χ0v) is 13.7. The number of anilines is 1. The van der Waals surface area contributed by atoms with Crippen molar-refractivity contribution in [1.29, 1.82) is 0 Å². The Morgan fingerprint density at radius 3 is 2.61 bits per heavy atom. The first-order valence-electron chi connectivity index (χ1n) is 7.76. The lowest BCUT2D eigenvalue weighted by atomic mass is 10.0. The summed E-state index contributed by atoms with van der Waals surface area (Å²) in [5.74, 6) is 0. The molecule has 0 atom stereocenters. The Morgan fingerprint density at radius 2 is 2.00 bits per heavy atom. The molecule has 0 unspecified atom stereocenters. The molecule has 0 aliphatic heterocycles. The first-order chi connectivity index (χ1) is 11.0. The van der Waals surface area contributed by atoms with E-state index < -0.39 is 11.7 Å². The normalized spacial score (nSPS) is 10.7. The third kappa shape index (κ3) is 3.64. The van der Waals surface area contributed by atoms with Crippen molar-refractivity contribution in [1.82, 2.24) is 5.32 Å². The van der Waals surface area contributed by atoms with Crippen molar-refractivity contribution in [2.24, 2.45) is 0 Å². The van der Waals surface area contributed by atoms with Crippen molar-refractivity contribution < 1.29 is 14.3 Å². The molecule has 2 N–H and O–H groups in total. The molecule has 2 rings (SSSR count). The van der Waals surface area contributed by atoms with Crippen LogP contribution in [0.1, 0.15) is 25.0 Å². The summed E-state index contributed by atoms with van der Waals surface area (Å²) in [5, 5.41) is 11.8. The van der Waals surface area contributed by atoms with Gasteiger partial charge in [-0.2, -0.15) is 0 Å². The number of carbonyl (C=O) groups is 1. The van der Waals surface area contributed by atoms with Crippen LogP contribution in [0.3, 0.4) is 0 Å². The predicted octanol–water partition coefficient (Wildman–Crippen LogP) is 2.76. The van der Waals surface area contributed by atoms with Gasteiger partial charge in [-0.3, -0.25) is 0 Å². The average molecular weight is 318 g/mol. The molecular weight excluding hydrogens is 296 g/mol. The third-order valence-electron chi connectivity index (χ3n) is 4.05. The van der Waals surface area contributed by atoms with Gasteiger partial charge in [0.2, 0.25) is 0 Å². The van der Waals surface area contributed by atoms with Crippen molar-refractivity contribution in [2.75, 3.05) is 24.5 Å². The number of benzene rings is 1. The quantitative estimate of drug-likeness (QED) is 0.800. The van der Waals surface area contributed by atoms with Gasteiger partial charge in [-0.15, -0.1) is 0 Å². The van der Waals surface area contributed by atoms with Crippen molar-refractivity contribution in [3.8, 4) is 0 Å². The second-order valence-corrected chi connectivity index (χ2v) is 5.33. The fourth-order valence-corrected chi connectivity index (χ4v) is 2.75. The number of hydrogen-bond donors (Lipinski definition) is 2. The van der Waals surface area contributed by atoms with Crippen LogP contribution < -0.4 is 15.8 Å². The fraction of sp³-hybridized carbons (Fsp3) is 0.412. The monoisotopic (exact) mass is 318 g/mol. The summed E-state index contributed by atoms with van der Waals surface area (Å²) in [6, 6.07) is 5.85. The minimum atomic E-state index is -1.10. The summed E-state index contributed by atoms with van der Waals surface area (Å²) in [5.41, 5.74) is 2.53. The summed E-state index contributed by atoms with van der Waals surface area (Å²) < 4.78 is 5.45. The van der Waals surface area contributed by atoms with Gasteiger partial charge in [0.15, 0.2) is 0 Å². The van der Waals surface area contributed by atoms with E-state index in [1.807, 2.05) is 25.1 Å². The number of fused-ring (bicyclic) bond motifs is 1.